The van der Waals surface area contributed by atoms with Crippen molar-refractivity contribution < 1.29 is 19.0 Å². The first-order valence-corrected chi connectivity index (χ1v) is 9.95. The Morgan fingerprint density at radius 1 is 0.833 bits per heavy atom. The van der Waals surface area contributed by atoms with Gasteiger partial charge in [0, 0.05) is 12.1 Å². The Balaban J connectivity index is 1.47. The van der Waals surface area contributed by atoms with Crippen LogP contribution in [-0.4, -0.2) is 26.7 Å². The Hall–Kier alpha value is -3.47. The van der Waals surface area contributed by atoms with Crippen molar-refractivity contribution in [3.05, 3.63) is 89.5 Å². The van der Waals surface area contributed by atoms with E-state index in [0.29, 0.717) is 36.0 Å². The molecule has 0 heterocycles. The Morgan fingerprint density at radius 3 is 2.40 bits per heavy atom. The fourth-order valence-corrected chi connectivity index (χ4v) is 3.10. The highest BCUT2D eigenvalue weighted by Crippen LogP contribution is 2.27. The molecule has 0 aliphatic heterocycles. The third kappa shape index (κ3) is 6.01. The average molecular weight is 405 g/mol. The minimum Gasteiger partial charge on any atom is -0.493 e. The number of rotatable bonds is 10. The largest absolute Gasteiger partial charge is 0.493 e. The van der Waals surface area contributed by atoms with Crippen molar-refractivity contribution in [2.45, 2.75) is 19.4 Å². The molecule has 156 valence electrons. The predicted molar refractivity (Wildman–Crippen MR) is 117 cm³/mol. The summed E-state index contributed by atoms with van der Waals surface area (Å²) in [6, 6.07) is 23.1. The molecule has 1 amide bonds. The minimum absolute atomic E-state index is 0.104. The number of aryl methyl sites for hydroxylation is 1. The smallest absolute Gasteiger partial charge is 0.251 e. The van der Waals surface area contributed by atoms with Gasteiger partial charge >= 0.3 is 0 Å². The molecule has 3 aromatic rings. The topological polar surface area (TPSA) is 56.8 Å². The number of hydrogen-bond acceptors (Lipinski definition) is 4. The lowest BCUT2D eigenvalue weighted by molar-refractivity contribution is 0.0952. The molecule has 0 bridgehead atoms. The van der Waals surface area contributed by atoms with Gasteiger partial charge in [0.05, 0.1) is 14.2 Å². The number of ether oxygens (including phenoxy) is 3. The van der Waals surface area contributed by atoms with Crippen LogP contribution in [0.2, 0.25) is 0 Å². The van der Waals surface area contributed by atoms with E-state index in [1.807, 2.05) is 60.7 Å². The van der Waals surface area contributed by atoms with Gasteiger partial charge in [-0.2, -0.15) is 0 Å². The monoisotopic (exact) mass is 405 g/mol. The van der Waals surface area contributed by atoms with Gasteiger partial charge in [0.2, 0.25) is 0 Å². The van der Waals surface area contributed by atoms with Crippen molar-refractivity contribution >= 4 is 5.91 Å². The Kier molecular flexibility index (Phi) is 7.72. The van der Waals surface area contributed by atoms with Gasteiger partial charge in [0.1, 0.15) is 12.4 Å². The lowest BCUT2D eigenvalue weighted by Gasteiger charge is -2.10. The summed E-state index contributed by atoms with van der Waals surface area (Å²) in [6.45, 7) is 1.06. The molecule has 5 heteroatoms. The normalized spacial score (nSPS) is 10.3. The van der Waals surface area contributed by atoms with Gasteiger partial charge in [-0.3, -0.25) is 4.79 Å². The maximum absolute atomic E-state index is 12.5. The lowest BCUT2D eigenvalue weighted by atomic mass is 10.1. The van der Waals surface area contributed by atoms with E-state index in [4.69, 9.17) is 14.2 Å². The third-order valence-corrected chi connectivity index (χ3v) is 4.72. The molecule has 0 aromatic heterocycles. The van der Waals surface area contributed by atoms with Crippen LogP contribution in [0.4, 0.5) is 0 Å². The zero-order valence-electron chi connectivity index (χ0n) is 17.4. The number of carbonyl (C=O) groups is 1. The summed E-state index contributed by atoms with van der Waals surface area (Å²) in [5.74, 6) is 2.00. The molecule has 3 rings (SSSR count). The van der Waals surface area contributed by atoms with Crippen LogP contribution in [0, 0.1) is 0 Å². The van der Waals surface area contributed by atoms with Gasteiger partial charge in [-0.15, -0.1) is 0 Å². The van der Waals surface area contributed by atoms with Crippen LogP contribution >= 0.6 is 0 Å². The van der Waals surface area contributed by atoms with Crippen LogP contribution in [0.15, 0.2) is 72.8 Å². The number of methoxy groups -OCH3 is 2. The van der Waals surface area contributed by atoms with Gasteiger partial charge in [0.25, 0.3) is 5.91 Å². The molecular formula is C25H27NO4. The minimum atomic E-state index is -0.104. The van der Waals surface area contributed by atoms with E-state index < -0.39 is 0 Å². The molecule has 30 heavy (non-hydrogen) atoms. The lowest BCUT2D eigenvalue weighted by Crippen LogP contribution is -2.24. The van der Waals surface area contributed by atoms with Gasteiger partial charge in [-0.05, 0) is 54.3 Å². The van der Waals surface area contributed by atoms with Crippen molar-refractivity contribution in [3.63, 3.8) is 0 Å². The fourth-order valence-electron chi connectivity index (χ4n) is 3.10. The average Bonchev–Trinajstić information content (AvgIpc) is 2.81. The summed E-state index contributed by atoms with van der Waals surface area (Å²) in [4.78, 5) is 12.5. The first-order valence-electron chi connectivity index (χ1n) is 9.95. The summed E-state index contributed by atoms with van der Waals surface area (Å²) < 4.78 is 16.4. The van der Waals surface area contributed by atoms with Crippen molar-refractivity contribution in [3.8, 4) is 17.2 Å². The molecule has 1 N–H and O–H groups in total. The molecule has 3 aromatic carbocycles. The Bertz CT molecular complexity index is 956. The highest BCUT2D eigenvalue weighted by molar-refractivity contribution is 5.94. The van der Waals surface area contributed by atoms with Crippen LogP contribution in [0.1, 0.15) is 27.9 Å². The molecule has 0 unspecified atom stereocenters. The van der Waals surface area contributed by atoms with E-state index in [-0.39, 0.29) is 5.91 Å². The van der Waals surface area contributed by atoms with Gasteiger partial charge < -0.3 is 19.5 Å². The van der Waals surface area contributed by atoms with Crippen LogP contribution in [0.5, 0.6) is 17.2 Å². The predicted octanol–water partition coefficient (Wildman–Crippen LogP) is 4.65. The number of amides is 1. The molecule has 0 saturated heterocycles. The summed E-state index contributed by atoms with van der Waals surface area (Å²) in [6.07, 6.45) is 1.66. The summed E-state index contributed by atoms with van der Waals surface area (Å²) in [5.41, 5.74) is 2.81. The number of benzene rings is 3. The van der Waals surface area contributed by atoms with Crippen molar-refractivity contribution in [2.24, 2.45) is 0 Å². The first kappa shape index (κ1) is 21.2. The summed E-state index contributed by atoms with van der Waals surface area (Å²) in [7, 11) is 3.24. The number of nitrogens with one attached hydrogen (secondary N) is 1. The maximum Gasteiger partial charge on any atom is 0.251 e. The highest BCUT2D eigenvalue weighted by atomic mass is 16.5. The van der Waals surface area contributed by atoms with Crippen LogP contribution in [-0.2, 0) is 13.0 Å². The van der Waals surface area contributed by atoms with E-state index in [1.165, 1.54) is 0 Å². The quantitative estimate of drug-likeness (QED) is 0.499. The Labute approximate surface area is 177 Å². The fraction of sp³-hybridized carbons (Fsp3) is 0.240. The van der Waals surface area contributed by atoms with E-state index in [1.54, 1.807) is 26.4 Å². The molecule has 0 aliphatic carbocycles. The second-order valence-electron chi connectivity index (χ2n) is 6.85. The number of carbonyl (C=O) groups excluding carboxylic acids is 1. The molecule has 0 atom stereocenters. The van der Waals surface area contributed by atoms with Gasteiger partial charge in [-0.25, -0.2) is 0 Å². The first-order chi connectivity index (χ1) is 14.7. The van der Waals surface area contributed by atoms with E-state index >= 15 is 0 Å². The van der Waals surface area contributed by atoms with Crippen molar-refractivity contribution in [2.75, 3.05) is 20.8 Å². The Morgan fingerprint density at radius 2 is 1.63 bits per heavy atom. The van der Waals surface area contributed by atoms with Crippen LogP contribution < -0.4 is 19.5 Å². The molecule has 0 spiro atoms. The molecule has 0 saturated carbocycles. The van der Waals surface area contributed by atoms with Crippen molar-refractivity contribution in [1.82, 2.24) is 5.32 Å². The summed E-state index contributed by atoms with van der Waals surface area (Å²) >= 11 is 0. The van der Waals surface area contributed by atoms with E-state index in [2.05, 4.69) is 5.32 Å². The molecule has 0 radical (unpaired) electrons. The van der Waals surface area contributed by atoms with Crippen LogP contribution in [0.3, 0.4) is 0 Å². The third-order valence-electron chi connectivity index (χ3n) is 4.72. The second-order valence-corrected chi connectivity index (χ2v) is 6.85. The molecular weight excluding hydrogens is 378 g/mol. The second kappa shape index (κ2) is 10.9. The van der Waals surface area contributed by atoms with Crippen molar-refractivity contribution in [1.29, 1.82) is 0 Å². The molecule has 0 fully saturated rings. The van der Waals surface area contributed by atoms with Gasteiger partial charge in [0.15, 0.2) is 11.5 Å². The maximum atomic E-state index is 12.5. The number of hydrogen-bond donors (Lipinski definition) is 1. The molecule has 5 nitrogen and oxygen atoms in total. The van der Waals surface area contributed by atoms with E-state index in [0.717, 1.165) is 24.0 Å². The zero-order valence-corrected chi connectivity index (χ0v) is 17.4. The van der Waals surface area contributed by atoms with E-state index in [9.17, 15) is 4.79 Å². The zero-order chi connectivity index (χ0) is 21.2. The van der Waals surface area contributed by atoms with Crippen LogP contribution in [0.25, 0.3) is 0 Å². The standard InChI is InChI=1S/C25H27NO4/c1-28-23-14-13-19(16-24(23)29-2)10-7-15-26-25(27)21-11-6-12-22(17-21)30-18-20-8-4-3-5-9-20/h3-6,8-9,11-14,16-17H,7,10,15,18H2,1-2H3,(H,26,27). The highest BCUT2D eigenvalue weighted by Gasteiger charge is 2.08. The molecule has 0 aliphatic rings. The SMILES string of the molecule is COc1ccc(CCCNC(=O)c2cccc(OCc3ccccc3)c2)cc1OC. The van der Waals surface area contributed by atoms with Gasteiger partial charge in [-0.1, -0.05) is 42.5 Å². The summed E-state index contributed by atoms with van der Waals surface area (Å²) in [5, 5.41) is 2.97.